The minimum atomic E-state index is -2.98. The Balaban J connectivity index is 1.36. The first-order chi connectivity index (χ1) is 18.7. The molecule has 0 unspecified atom stereocenters. The first kappa shape index (κ1) is 27.5. The SMILES string of the molecule is CCS(=O)(=O)CC1CN(c2ccc(C(C)C)c3cc(Nc4ccnc(N5CC[C@H](OC)[C@H](F)C5)n4)ncc23)C1. The number of benzene rings is 1. The van der Waals surface area contributed by atoms with Crippen molar-refractivity contribution in [1.82, 2.24) is 15.0 Å². The van der Waals surface area contributed by atoms with Crippen molar-refractivity contribution in [3.8, 4) is 0 Å². The zero-order chi connectivity index (χ0) is 27.7. The fourth-order valence-electron chi connectivity index (χ4n) is 5.48. The second kappa shape index (κ2) is 11.2. The van der Waals surface area contributed by atoms with E-state index in [0.29, 0.717) is 36.5 Å². The summed E-state index contributed by atoms with van der Waals surface area (Å²) in [5.41, 5.74) is 2.28. The Morgan fingerprint density at radius 1 is 1.10 bits per heavy atom. The third-order valence-electron chi connectivity index (χ3n) is 7.73. The molecule has 0 spiro atoms. The molecule has 210 valence electrons. The highest BCUT2D eigenvalue weighted by Crippen LogP contribution is 2.37. The summed E-state index contributed by atoms with van der Waals surface area (Å²) < 4.78 is 43.8. The van der Waals surface area contributed by atoms with Crippen LogP contribution in [0.25, 0.3) is 10.8 Å². The summed E-state index contributed by atoms with van der Waals surface area (Å²) in [7, 11) is -1.44. The number of alkyl halides is 1. The van der Waals surface area contributed by atoms with Crippen LogP contribution >= 0.6 is 0 Å². The normalized spacial score (nSPS) is 20.5. The number of nitrogens with zero attached hydrogens (tertiary/aromatic N) is 5. The molecule has 0 radical (unpaired) electrons. The standard InChI is InChI=1S/C28H37FN6O3S/c1-5-39(36,37)17-19-14-35(15-19)24-7-6-20(18(2)3)21-12-27(31-13-22(21)24)32-26-8-10-30-28(33-26)34-11-9-25(38-4)23(29)16-34/h6-8,10,12-13,18-19,23,25H,5,9,11,14-17H2,1-4H3,(H,30,31,32,33)/t23-,25+/m1/s1. The summed E-state index contributed by atoms with van der Waals surface area (Å²) in [6.45, 7) is 8.29. The Morgan fingerprint density at radius 3 is 2.59 bits per heavy atom. The second-order valence-electron chi connectivity index (χ2n) is 10.8. The van der Waals surface area contributed by atoms with E-state index >= 15 is 0 Å². The maximum absolute atomic E-state index is 14.4. The van der Waals surface area contributed by atoms with Crippen LogP contribution in [0.5, 0.6) is 0 Å². The van der Waals surface area contributed by atoms with E-state index in [-0.39, 0.29) is 24.0 Å². The van der Waals surface area contributed by atoms with Crippen molar-refractivity contribution >= 4 is 43.9 Å². The van der Waals surface area contributed by atoms with Crippen molar-refractivity contribution in [2.24, 2.45) is 5.92 Å². The van der Waals surface area contributed by atoms with Crippen molar-refractivity contribution in [3.63, 3.8) is 0 Å². The number of ether oxygens (including phenoxy) is 1. The van der Waals surface area contributed by atoms with Crippen LogP contribution in [0.2, 0.25) is 0 Å². The van der Waals surface area contributed by atoms with Gasteiger partial charge in [-0.25, -0.2) is 22.8 Å². The van der Waals surface area contributed by atoms with Gasteiger partial charge in [-0.2, -0.15) is 4.98 Å². The zero-order valence-electron chi connectivity index (χ0n) is 23.0. The summed E-state index contributed by atoms with van der Waals surface area (Å²) in [5, 5.41) is 5.44. The Hall–Kier alpha value is -3.05. The fraction of sp³-hybridized carbons (Fsp3) is 0.536. The lowest BCUT2D eigenvalue weighted by molar-refractivity contribution is 0.0194. The summed E-state index contributed by atoms with van der Waals surface area (Å²) in [6, 6.07) is 8.09. The van der Waals surface area contributed by atoms with E-state index in [1.54, 1.807) is 26.3 Å². The number of fused-ring (bicyclic) bond motifs is 1. The summed E-state index contributed by atoms with van der Waals surface area (Å²) >= 11 is 0. The van der Waals surface area contributed by atoms with Gasteiger partial charge in [-0.05, 0) is 41.5 Å². The number of hydrogen-bond donors (Lipinski definition) is 1. The molecule has 2 aliphatic rings. The molecule has 2 aromatic heterocycles. The van der Waals surface area contributed by atoms with Crippen molar-refractivity contribution in [3.05, 3.63) is 42.2 Å². The van der Waals surface area contributed by atoms with Gasteiger partial charge in [-0.15, -0.1) is 0 Å². The van der Waals surface area contributed by atoms with Crippen molar-refractivity contribution < 1.29 is 17.5 Å². The zero-order valence-corrected chi connectivity index (χ0v) is 23.8. The molecule has 4 heterocycles. The molecule has 9 nitrogen and oxygen atoms in total. The highest BCUT2D eigenvalue weighted by atomic mass is 32.2. The molecule has 2 saturated heterocycles. The first-order valence-corrected chi connectivity index (χ1v) is 15.4. The van der Waals surface area contributed by atoms with E-state index in [1.165, 1.54) is 5.56 Å². The molecule has 5 rings (SSSR count). The molecule has 0 saturated carbocycles. The van der Waals surface area contributed by atoms with E-state index in [1.807, 2.05) is 17.2 Å². The average molecular weight is 557 g/mol. The highest BCUT2D eigenvalue weighted by Gasteiger charge is 2.32. The molecule has 1 N–H and O–H groups in total. The molecule has 0 amide bonds. The van der Waals surface area contributed by atoms with Gasteiger partial charge in [-0.3, -0.25) is 0 Å². The summed E-state index contributed by atoms with van der Waals surface area (Å²) in [5.74, 6) is 2.61. The molecule has 39 heavy (non-hydrogen) atoms. The fourth-order valence-corrected chi connectivity index (χ4v) is 6.64. The minimum Gasteiger partial charge on any atom is -0.378 e. The van der Waals surface area contributed by atoms with Crippen LogP contribution in [-0.2, 0) is 14.6 Å². The van der Waals surface area contributed by atoms with Gasteiger partial charge in [0.25, 0.3) is 0 Å². The van der Waals surface area contributed by atoms with Gasteiger partial charge in [-0.1, -0.05) is 26.8 Å². The van der Waals surface area contributed by atoms with Crippen LogP contribution in [0, 0.1) is 5.92 Å². The number of methoxy groups -OCH3 is 1. The number of sulfone groups is 1. The molecular formula is C28H37FN6O3S. The maximum Gasteiger partial charge on any atom is 0.227 e. The monoisotopic (exact) mass is 556 g/mol. The number of rotatable bonds is 9. The van der Waals surface area contributed by atoms with Gasteiger partial charge in [0.05, 0.1) is 18.4 Å². The first-order valence-electron chi connectivity index (χ1n) is 13.6. The Morgan fingerprint density at radius 2 is 1.90 bits per heavy atom. The molecule has 2 atom stereocenters. The van der Waals surface area contributed by atoms with Crippen LogP contribution in [-0.4, -0.2) is 80.4 Å². The van der Waals surface area contributed by atoms with E-state index in [0.717, 1.165) is 29.5 Å². The summed E-state index contributed by atoms with van der Waals surface area (Å²) in [6.07, 6.45) is 2.64. The van der Waals surface area contributed by atoms with Gasteiger partial charge in [0.2, 0.25) is 5.95 Å². The molecule has 3 aromatic rings. The number of halogens is 1. The van der Waals surface area contributed by atoms with Gasteiger partial charge in [0.15, 0.2) is 0 Å². The van der Waals surface area contributed by atoms with Gasteiger partial charge in [0.1, 0.15) is 27.6 Å². The molecule has 11 heteroatoms. The lowest BCUT2D eigenvalue weighted by Crippen LogP contribution is -2.49. The van der Waals surface area contributed by atoms with Crippen LogP contribution in [0.15, 0.2) is 36.7 Å². The van der Waals surface area contributed by atoms with Crippen molar-refractivity contribution in [2.75, 3.05) is 59.9 Å². The smallest absolute Gasteiger partial charge is 0.227 e. The third kappa shape index (κ3) is 5.94. The molecule has 0 aliphatic carbocycles. The van der Waals surface area contributed by atoms with Crippen LogP contribution in [0.4, 0.5) is 27.7 Å². The Bertz CT molecular complexity index is 1430. The second-order valence-corrected chi connectivity index (χ2v) is 13.2. The molecule has 1 aromatic carbocycles. The molecule has 2 aliphatic heterocycles. The van der Waals surface area contributed by atoms with Gasteiger partial charge >= 0.3 is 0 Å². The quantitative estimate of drug-likeness (QED) is 0.413. The van der Waals surface area contributed by atoms with Crippen molar-refractivity contribution in [1.29, 1.82) is 0 Å². The van der Waals surface area contributed by atoms with Gasteiger partial charge in [0, 0.05) is 61.9 Å². The van der Waals surface area contributed by atoms with Crippen LogP contribution in [0.1, 0.15) is 38.7 Å². The number of nitrogens with one attached hydrogen (secondary N) is 1. The van der Waals surface area contributed by atoms with Crippen molar-refractivity contribution in [2.45, 2.75) is 45.4 Å². The Kier molecular flexibility index (Phi) is 7.91. The summed E-state index contributed by atoms with van der Waals surface area (Å²) in [4.78, 5) is 17.8. The third-order valence-corrected chi connectivity index (χ3v) is 9.59. The Labute approximate surface area is 229 Å². The molecule has 0 bridgehead atoms. The number of piperidine rings is 1. The highest BCUT2D eigenvalue weighted by molar-refractivity contribution is 7.91. The number of pyridine rings is 1. The predicted molar refractivity (Wildman–Crippen MR) is 154 cm³/mol. The van der Waals surface area contributed by atoms with E-state index in [2.05, 4.69) is 51.1 Å². The minimum absolute atomic E-state index is 0.156. The topological polar surface area (TPSA) is 101 Å². The van der Waals surface area contributed by atoms with E-state index in [4.69, 9.17) is 4.74 Å². The van der Waals surface area contributed by atoms with E-state index in [9.17, 15) is 12.8 Å². The average Bonchev–Trinajstić information content (AvgIpc) is 2.90. The molecular weight excluding hydrogens is 519 g/mol. The van der Waals surface area contributed by atoms with Crippen LogP contribution < -0.4 is 15.1 Å². The molecule has 2 fully saturated rings. The largest absolute Gasteiger partial charge is 0.378 e. The number of anilines is 4. The van der Waals surface area contributed by atoms with E-state index < -0.39 is 22.1 Å². The number of hydrogen-bond acceptors (Lipinski definition) is 9. The lowest BCUT2D eigenvalue weighted by atomic mass is 9.93. The number of aromatic nitrogens is 3. The van der Waals surface area contributed by atoms with Crippen LogP contribution in [0.3, 0.4) is 0 Å². The van der Waals surface area contributed by atoms with Gasteiger partial charge < -0.3 is 19.9 Å². The lowest BCUT2D eigenvalue weighted by Gasteiger charge is -2.41. The maximum atomic E-state index is 14.4. The predicted octanol–water partition coefficient (Wildman–Crippen LogP) is 4.33.